The van der Waals surface area contributed by atoms with Crippen LogP contribution in [0, 0.1) is 0 Å². The van der Waals surface area contributed by atoms with E-state index in [0.717, 1.165) is 0 Å². The van der Waals surface area contributed by atoms with E-state index in [-0.39, 0.29) is 5.97 Å². The molecule has 3 rings (SSSR count). The second-order valence-electron chi connectivity index (χ2n) is 4.45. The molecule has 3 aliphatic rings. The Bertz CT molecular complexity index is 248. The molecule has 0 aromatic heterocycles. The van der Waals surface area contributed by atoms with Crippen LogP contribution in [0.15, 0.2) is 0 Å². The summed E-state index contributed by atoms with van der Waals surface area (Å²) in [6.45, 7) is 6.34. The summed E-state index contributed by atoms with van der Waals surface area (Å²) in [6.07, 6.45) is -0.580. The quantitative estimate of drug-likeness (QED) is 0.517. The molecular formula is C9H14O4. The highest BCUT2D eigenvalue weighted by molar-refractivity contribution is 5.77. The summed E-state index contributed by atoms with van der Waals surface area (Å²) in [5.74, 6) is -0.309. The van der Waals surface area contributed by atoms with Crippen LogP contribution in [0.1, 0.15) is 20.8 Å². The number of fused-ring (bicyclic) bond motifs is 4. The van der Waals surface area contributed by atoms with Gasteiger partial charge in [-0.1, -0.05) is 0 Å². The second-order valence-corrected chi connectivity index (χ2v) is 4.45. The Balaban J connectivity index is 2.33. The van der Waals surface area contributed by atoms with Crippen molar-refractivity contribution in [1.29, 1.82) is 0 Å². The van der Waals surface area contributed by atoms with Crippen LogP contribution >= 0.6 is 0 Å². The molecule has 2 atom stereocenters. The van der Waals surface area contributed by atoms with Gasteiger partial charge in [0.05, 0.1) is 18.8 Å². The molecule has 0 saturated carbocycles. The zero-order valence-electron chi connectivity index (χ0n) is 8.12. The van der Waals surface area contributed by atoms with Crippen molar-refractivity contribution in [2.75, 3.05) is 13.2 Å². The van der Waals surface area contributed by atoms with E-state index in [1.54, 1.807) is 0 Å². The Kier molecular flexibility index (Phi) is 1.69. The average Bonchev–Trinajstić information content (AvgIpc) is 2.14. The molecule has 3 saturated heterocycles. The zero-order chi connectivity index (χ0) is 9.69. The molecule has 74 valence electrons. The molecule has 0 amide bonds. The van der Waals surface area contributed by atoms with E-state index in [1.807, 2.05) is 20.8 Å². The van der Waals surface area contributed by atoms with Crippen LogP contribution in [0.3, 0.4) is 0 Å². The standard InChI is InChI=1S/C9H14O4/c1-8(2)6-7(10)13-9(3,4-11-6)5-12-8/h6H,4-5H2,1-3H3. The molecule has 0 spiro atoms. The third-order valence-corrected chi connectivity index (χ3v) is 2.50. The van der Waals surface area contributed by atoms with Crippen LogP contribution in [0.5, 0.6) is 0 Å². The molecule has 0 radical (unpaired) electrons. The first-order valence-corrected chi connectivity index (χ1v) is 4.41. The monoisotopic (exact) mass is 186 g/mol. The van der Waals surface area contributed by atoms with E-state index in [1.165, 1.54) is 0 Å². The average molecular weight is 186 g/mol. The summed E-state index contributed by atoms with van der Waals surface area (Å²) in [5, 5.41) is 0. The Labute approximate surface area is 77.1 Å². The fraction of sp³-hybridized carbons (Fsp3) is 0.889. The largest absolute Gasteiger partial charge is 0.452 e. The highest BCUT2D eigenvalue weighted by atomic mass is 16.7. The van der Waals surface area contributed by atoms with Gasteiger partial charge in [-0.25, -0.2) is 4.79 Å². The van der Waals surface area contributed by atoms with Gasteiger partial charge in [0.25, 0.3) is 0 Å². The minimum atomic E-state index is -0.596. The molecule has 0 aliphatic carbocycles. The second kappa shape index (κ2) is 2.45. The van der Waals surface area contributed by atoms with Crippen molar-refractivity contribution in [3.63, 3.8) is 0 Å². The number of carbonyl (C=O) groups excluding carboxylic acids is 1. The lowest BCUT2D eigenvalue weighted by Gasteiger charge is -2.33. The summed E-state index contributed by atoms with van der Waals surface area (Å²) < 4.78 is 16.3. The SMILES string of the molecule is CC12COC(C(=O)O1)C(C)(C)OC2. The van der Waals surface area contributed by atoms with Gasteiger partial charge in [-0.2, -0.15) is 0 Å². The van der Waals surface area contributed by atoms with Crippen molar-refractivity contribution in [3.8, 4) is 0 Å². The van der Waals surface area contributed by atoms with E-state index < -0.39 is 17.3 Å². The van der Waals surface area contributed by atoms with Crippen molar-refractivity contribution in [2.45, 2.75) is 38.1 Å². The maximum Gasteiger partial charge on any atom is 0.338 e. The first-order chi connectivity index (χ1) is 5.93. The zero-order valence-corrected chi connectivity index (χ0v) is 8.12. The van der Waals surface area contributed by atoms with Gasteiger partial charge in [0.2, 0.25) is 0 Å². The predicted molar refractivity (Wildman–Crippen MR) is 44.3 cm³/mol. The van der Waals surface area contributed by atoms with Crippen molar-refractivity contribution in [2.24, 2.45) is 0 Å². The van der Waals surface area contributed by atoms with Gasteiger partial charge in [0.1, 0.15) is 0 Å². The Hall–Kier alpha value is -0.610. The normalized spacial score (nSPS) is 42.7. The number of rotatable bonds is 0. The summed E-state index contributed by atoms with van der Waals surface area (Å²) in [6, 6.07) is 0. The minimum absolute atomic E-state index is 0.309. The van der Waals surface area contributed by atoms with Gasteiger partial charge in [0, 0.05) is 0 Å². The first kappa shape index (κ1) is 8.97. The lowest BCUT2D eigenvalue weighted by molar-refractivity contribution is -0.198. The number of esters is 1. The molecule has 3 fully saturated rings. The van der Waals surface area contributed by atoms with Crippen molar-refractivity contribution >= 4 is 5.97 Å². The molecule has 0 N–H and O–H groups in total. The third-order valence-electron chi connectivity index (χ3n) is 2.50. The molecule has 13 heavy (non-hydrogen) atoms. The van der Waals surface area contributed by atoms with Gasteiger partial charge in [-0.3, -0.25) is 0 Å². The van der Waals surface area contributed by atoms with Crippen LogP contribution in [0.4, 0.5) is 0 Å². The van der Waals surface area contributed by atoms with Gasteiger partial charge in [0.15, 0.2) is 11.7 Å². The summed E-state index contributed by atoms with van der Waals surface area (Å²) in [7, 11) is 0. The van der Waals surface area contributed by atoms with Crippen molar-refractivity contribution in [1.82, 2.24) is 0 Å². The summed E-state index contributed by atoms with van der Waals surface area (Å²) in [4.78, 5) is 11.5. The molecule has 2 unspecified atom stereocenters. The Morgan fingerprint density at radius 2 is 2.00 bits per heavy atom. The van der Waals surface area contributed by atoms with Gasteiger partial charge in [-0.15, -0.1) is 0 Å². The minimum Gasteiger partial charge on any atom is -0.452 e. The van der Waals surface area contributed by atoms with Crippen LogP contribution in [-0.2, 0) is 19.0 Å². The molecule has 0 aromatic carbocycles. The van der Waals surface area contributed by atoms with Gasteiger partial charge in [-0.05, 0) is 20.8 Å². The highest BCUT2D eigenvalue weighted by Gasteiger charge is 2.51. The van der Waals surface area contributed by atoms with Crippen LogP contribution in [0.2, 0.25) is 0 Å². The van der Waals surface area contributed by atoms with Crippen LogP contribution in [0.25, 0.3) is 0 Å². The predicted octanol–water partition coefficient (Wildman–Crippen LogP) is 0.496. The van der Waals surface area contributed by atoms with E-state index >= 15 is 0 Å². The van der Waals surface area contributed by atoms with E-state index in [2.05, 4.69) is 0 Å². The number of hydrogen-bond donors (Lipinski definition) is 0. The Morgan fingerprint density at radius 1 is 1.31 bits per heavy atom. The highest BCUT2D eigenvalue weighted by Crippen LogP contribution is 2.33. The maximum absolute atomic E-state index is 11.5. The number of hydrogen-bond acceptors (Lipinski definition) is 4. The maximum atomic E-state index is 11.5. The molecule has 0 aromatic rings. The van der Waals surface area contributed by atoms with Crippen LogP contribution in [-0.4, -0.2) is 36.5 Å². The summed E-state index contributed by atoms with van der Waals surface area (Å²) in [5.41, 5.74) is -1.17. The first-order valence-electron chi connectivity index (χ1n) is 4.41. The summed E-state index contributed by atoms with van der Waals surface area (Å²) >= 11 is 0. The lowest BCUT2D eigenvalue weighted by Crippen LogP contribution is -2.51. The topological polar surface area (TPSA) is 44.8 Å². The molecule has 3 aliphatic heterocycles. The smallest absolute Gasteiger partial charge is 0.338 e. The third kappa shape index (κ3) is 1.34. The molecule has 4 nitrogen and oxygen atoms in total. The fourth-order valence-electron chi connectivity index (χ4n) is 1.62. The molecule has 3 heterocycles. The Morgan fingerprint density at radius 3 is 2.62 bits per heavy atom. The molecule has 4 heteroatoms. The van der Waals surface area contributed by atoms with E-state index in [4.69, 9.17) is 14.2 Å². The molecule has 2 bridgehead atoms. The van der Waals surface area contributed by atoms with Gasteiger partial charge < -0.3 is 14.2 Å². The lowest BCUT2D eigenvalue weighted by atomic mass is 10.0. The fourth-order valence-corrected chi connectivity index (χ4v) is 1.62. The van der Waals surface area contributed by atoms with E-state index in [9.17, 15) is 4.79 Å². The van der Waals surface area contributed by atoms with Crippen molar-refractivity contribution < 1.29 is 19.0 Å². The molecular weight excluding hydrogens is 172 g/mol. The van der Waals surface area contributed by atoms with Gasteiger partial charge >= 0.3 is 5.97 Å². The van der Waals surface area contributed by atoms with Crippen molar-refractivity contribution in [3.05, 3.63) is 0 Å². The number of carbonyl (C=O) groups is 1. The number of ether oxygens (including phenoxy) is 3. The van der Waals surface area contributed by atoms with E-state index in [0.29, 0.717) is 13.2 Å². The van der Waals surface area contributed by atoms with Crippen LogP contribution < -0.4 is 0 Å².